The number of esters is 1. The van der Waals surface area contributed by atoms with Gasteiger partial charge in [-0.05, 0) is 12.1 Å². The minimum atomic E-state index is -0.539. The zero-order valence-electron chi connectivity index (χ0n) is 13.0. The summed E-state index contributed by atoms with van der Waals surface area (Å²) in [6.45, 7) is -0.0837. The highest BCUT2D eigenvalue weighted by atomic mass is 16.7. The average Bonchev–Trinajstić information content (AvgIpc) is 2.55. The van der Waals surface area contributed by atoms with Gasteiger partial charge in [-0.1, -0.05) is 0 Å². The number of hydrogen-bond acceptors (Lipinski definition) is 8. The molecule has 0 atom stereocenters. The van der Waals surface area contributed by atoms with Gasteiger partial charge in [-0.3, -0.25) is 0 Å². The molecule has 8 nitrogen and oxygen atoms in total. The molecule has 0 aromatic heterocycles. The summed E-state index contributed by atoms with van der Waals surface area (Å²) in [5.41, 5.74) is 0.240. The molecule has 0 N–H and O–H groups in total. The van der Waals surface area contributed by atoms with Gasteiger partial charge in [-0.25, -0.2) is 4.79 Å². The van der Waals surface area contributed by atoms with E-state index >= 15 is 0 Å². The molecule has 0 aliphatic carbocycles. The fraction of sp³-hybridized carbons (Fsp3) is 0.500. The van der Waals surface area contributed by atoms with Crippen molar-refractivity contribution in [3.8, 4) is 17.2 Å². The second-order valence-corrected chi connectivity index (χ2v) is 3.95. The molecule has 0 saturated heterocycles. The quantitative estimate of drug-likeness (QED) is 0.473. The van der Waals surface area contributed by atoms with Crippen LogP contribution in [0.1, 0.15) is 10.4 Å². The summed E-state index contributed by atoms with van der Waals surface area (Å²) in [4.78, 5) is 11.7. The van der Waals surface area contributed by atoms with Crippen LogP contribution >= 0.6 is 0 Å². The standard InChI is InChI=1S/C14H20O8/c1-16-7-20-11-5-10(14(15)19-4)6-12(21-8-17-2)13(11)22-9-18-3/h5-6H,7-9H2,1-4H3. The summed E-state index contributed by atoms with van der Waals surface area (Å²) >= 11 is 0. The molecule has 0 fully saturated rings. The van der Waals surface area contributed by atoms with E-state index in [9.17, 15) is 4.79 Å². The molecule has 0 bridgehead atoms. The van der Waals surface area contributed by atoms with Gasteiger partial charge in [0.1, 0.15) is 0 Å². The van der Waals surface area contributed by atoms with E-state index in [0.717, 1.165) is 0 Å². The largest absolute Gasteiger partial charge is 0.465 e. The van der Waals surface area contributed by atoms with E-state index in [2.05, 4.69) is 0 Å². The van der Waals surface area contributed by atoms with Crippen molar-refractivity contribution in [3.63, 3.8) is 0 Å². The third-order valence-corrected chi connectivity index (χ3v) is 2.43. The Kier molecular flexibility index (Phi) is 8.05. The van der Waals surface area contributed by atoms with E-state index in [1.807, 2.05) is 0 Å². The van der Waals surface area contributed by atoms with Gasteiger partial charge in [0.2, 0.25) is 5.75 Å². The first-order valence-electron chi connectivity index (χ1n) is 6.29. The van der Waals surface area contributed by atoms with Gasteiger partial charge in [0.05, 0.1) is 12.7 Å². The number of ether oxygens (including phenoxy) is 7. The SMILES string of the molecule is COCOc1cc(C(=O)OC)cc(OCOC)c1OCOC. The lowest BCUT2D eigenvalue weighted by atomic mass is 10.2. The van der Waals surface area contributed by atoms with Crippen LogP contribution in [-0.4, -0.2) is 54.8 Å². The van der Waals surface area contributed by atoms with Crippen LogP contribution in [0.3, 0.4) is 0 Å². The molecular weight excluding hydrogens is 296 g/mol. The first kappa shape index (κ1) is 18.0. The number of benzene rings is 1. The lowest BCUT2D eigenvalue weighted by Gasteiger charge is -2.17. The minimum absolute atomic E-state index is 0.0236. The van der Waals surface area contributed by atoms with Crippen LogP contribution < -0.4 is 14.2 Å². The molecule has 22 heavy (non-hydrogen) atoms. The highest BCUT2D eigenvalue weighted by Crippen LogP contribution is 2.39. The maximum absolute atomic E-state index is 11.7. The zero-order chi connectivity index (χ0) is 16.4. The Bertz CT molecular complexity index is 445. The fourth-order valence-electron chi connectivity index (χ4n) is 1.53. The number of carbonyl (C=O) groups excluding carboxylic acids is 1. The van der Waals surface area contributed by atoms with Crippen molar-refractivity contribution >= 4 is 5.97 Å². The van der Waals surface area contributed by atoms with Crippen molar-refractivity contribution in [1.82, 2.24) is 0 Å². The van der Waals surface area contributed by atoms with Crippen molar-refractivity contribution in [2.75, 3.05) is 48.8 Å². The number of carbonyl (C=O) groups is 1. The molecular formula is C14H20O8. The van der Waals surface area contributed by atoms with E-state index in [-0.39, 0.29) is 43.2 Å². The Morgan fingerprint density at radius 1 is 0.818 bits per heavy atom. The van der Waals surface area contributed by atoms with Crippen LogP contribution in [0.25, 0.3) is 0 Å². The summed E-state index contributed by atoms with van der Waals surface area (Å²) < 4.78 is 35.6. The van der Waals surface area contributed by atoms with Gasteiger partial charge in [-0.15, -0.1) is 0 Å². The first-order chi connectivity index (χ1) is 10.7. The Morgan fingerprint density at radius 3 is 1.68 bits per heavy atom. The van der Waals surface area contributed by atoms with Crippen LogP contribution in [-0.2, 0) is 18.9 Å². The van der Waals surface area contributed by atoms with Crippen molar-refractivity contribution in [3.05, 3.63) is 17.7 Å². The molecule has 0 amide bonds. The zero-order valence-corrected chi connectivity index (χ0v) is 13.0. The van der Waals surface area contributed by atoms with Gasteiger partial charge < -0.3 is 33.2 Å². The lowest BCUT2D eigenvalue weighted by Crippen LogP contribution is -2.10. The molecule has 0 unspecified atom stereocenters. The normalized spacial score (nSPS) is 10.2. The average molecular weight is 316 g/mol. The van der Waals surface area contributed by atoms with Gasteiger partial charge >= 0.3 is 5.97 Å². The van der Waals surface area contributed by atoms with Crippen LogP contribution in [0.15, 0.2) is 12.1 Å². The number of rotatable bonds is 10. The Balaban J connectivity index is 3.22. The van der Waals surface area contributed by atoms with Crippen LogP contribution in [0.4, 0.5) is 0 Å². The van der Waals surface area contributed by atoms with Crippen LogP contribution in [0, 0.1) is 0 Å². The van der Waals surface area contributed by atoms with E-state index in [1.54, 1.807) is 0 Å². The third kappa shape index (κ3) is 5.06. The summed E-state index contributed by atoms with van der Waals surface area (Å²) in [7, 11) is 5.71. The van der Waals surface area contributed by atoms with Crippen molar-refractivity contribution in [2.45, 2.75) is 0 Å². The Labute approximate surface area is 128 Å². The van der Waals surface area contributed by atoms with E-state index in [4.69, 9.17) is 33.2 Å². The molecule has 0 aliphatic rings. The summed E-state index contributed by atoms with van der Waals surface area (Å²) in [6, 6.07) is 2.94. The summed E-state index contributed by atoms with van der Waals surface area (Å²) in [6.07, 6.45) is 0. The summed E-state index contributed by atoms with van der Waals surface area (Å²) in [5, 5.41) is 0. The second kappa shape index (κ2) is 9.82. The highest BCUT2D eigenvalue weighted by Gasteiger charge is 2.19. The number of methoxy groups -OCH3 is 4. The van der Waals surface area contributed by atoms with E-state index < -0.39 is 5.97 Å². The van der Waals surface area contributed by atoms with Gasteiger partial charge in [0.25, 0.3) is 0 Å². The molecule has 1 rings (SSSR count). The second-order valence-electron chi connectivity index (χ2n) is 3.95. The molecule has 0 radical (unpaired) electrons. The first-order valence-corrected chi connectivity index (χ1v) is 6.29. The maximum atomic E-state index is 11.7. The van der Waals surface area contributed by atoms with Crippen LogP contribution in [0.5, 0.6) is 17.2 Å². The molecule has 124 valence electrons. The summed E-state index contributed by atoms with van der Waals surface area (Å²) in [5.74, 6) is 0.243. The van der Waals surface area contributed by atoms with Gasteiger partial charge in [0, 0.05) is 21.3 Å². The maximum Gasteiger partial charge on any atom is 0.338 e. The third-order valence-electron chi connectivity index (χ3n) is 2.43. The van der Waals surface area contributed by atoms with Crippen molar-refractivity contribution < 1.29 is 38.0 Å². The molecule has 1 aromatic rings. The molecule has 0 heterocycles. The number of hydrogen-bond donors (Lipinski definition) is 0. The smallest absolute Gasteiger partial charge is 0.338 e. The van der Waals surface area contributed by atoms with Gasteiger partial charge in [0.15, 0.2) is 31.9 Å². The molecule has 0 aliphatic heterocycles. The molecule has 0 saturated carbocycles. The topological polar surface area (TPSA) is 81.7 Å². The molecule has 0 spiro atoms. The van der Waals surface area contributed by atoms with Crippen molar-refractivity contribution in [1.29, 1.82) is 0 Å². The minimum Gasteiger partial charge on any atom is -0.465 e. The molecule has 1 aromatic carbocycles. The van der Waals surface area contributed by atoms with E-state index in [0.29, 0.717) is 0 Å². The van der Waals surface area contributed by atoms with Crippen molar-refractivity contribution in [2.24, 2.45) is 0 Å². The van der Waals surface area contributed by atoms with Crippen LogP contribution in [0.2, 0.25) is 0 Å². The lowest BCUT2D eigenvalue weighted by molar-refractivity contribution is 0.0215. The molecule has 8 heteroatoms. The monoisotopic (exact) mass is 316 g/mol. The van der Waals surface area contributed by atoms with E-state index in [1.165, 1.54) is 40.6 Å². The highest BCUT2D eigenvalue weighted by molar-refractivity contribution is 5.91. The predicted molar refractivity (Wildman–Crippen MR) is 75.3 cm³/mol. The predicted octanol–water partition coefficient (Wildman–Crippen LogP) is 1.42. The van der Waals surface area contributed by atoms with Gasteiger partial charge in [-0.2, -0.15) is 0 Å². The Hall–Kier alpha value is -2.03. The fourth-order valence-corrected chi connectivity index (χ4v) is 1.53. The Morgan fingerprint density at radius 2 is 1.27 bits per heavy atom.